The van der Waals surface area contributed by atoms with Gasteiger partial charge in [0.15, 0.2) is 0 Å². The predicted molar refractivity (Wildman–Crippen MR) is 123 cm³/mol. The van der Waals surface area contributed by atoms with E-state index < -0.39 is 11.7 Å². The Balaban J connectivity index is 1.52. The molecule has 33 heavy (non-hydrogen) atoms. The fourth-order valence-electron chi connectivity index (χ4n) is 3.96. The van der Waals surface area contributed by atoms with E-state index in [1.165, 1.54) is 18.4 Å². The molecule has 1 aliphatic rings. The van der Waals surface area contributed by atoms with Crippen LogP contribution in [0, 0.1) is 0 Å². The number of hydrogen-bond acceptors (Lipinski definition) is 5. The van der Waals surface area contributed by atoms with Crippen molar-refractivity contribution in [3.8, 4) is 5.75 Å². The van der Waals surface area contributed by atoms with Crippen LogP contribution in [0.4, 0.5) is 36.3 Å². The summed E-state index contributed by atoms with van der Waals surface area (Å²) in [4.78, 5) is 7.98. The van der Waals surface area contributed by atoms with Gasteiger partial charge < -0.3 is 15.4 Å². The molecule has 1 aromatic heterocycles. The van der Waals surface area contributed by atoms with Gasteiger partial charge in [0.2, 0.25) is 5.95 Å². The summed E-state index contributed by atoms with van der Waals surface area (Å²) in [5.74, 6) is 1.03. The van der Waals surface area contributed by atoms with Crippen LogP contribution in [0.1, 0.15) is 56.1 Å². The van der Waals surface area contributed by atoms with Crippen LogP contribution >= 0.6 is 0 Å². The summed E-state index contributed by atoms with van der Waals surface area (Å²) in [6, 6.07) is 14.7. The van der Waals surface area contributed by atoms with E-state index in [1.807, 2.05) is 19.1 Å². The van der Waals surface area contributed by atoms with E-state index >= 15 is 0 Å². The topological polar surface area (TPSA) is 59.1 Å². The van der Waals surface area contributed by atoms with Crippen LogP contribution in [0.25, 0.3) is 0 Å². The number of hydrogen-bond donors (Lipinski definition) is 2. The molecule has 3 aromatic rings. The van der Waals surface area contributed by atoms with Crippen LogP contribution < -0.4 is 15.4 Å². The van der Waals surface area contributed by atoms with Gasteiger partial charge in [-0.1, -0.05) is 31.9 Å². The molecule has 0 unspecified atom stereocenters. The Morgan fingerprint density at radius 2 is 1.58 bits per heavy atom. The lowest BCUT2D eigenvalue weighted by atomic mass is 9.97. The van der Waals surface area contributed by atoms with Crippen LogP contribution in [-0.4, -0.2) is 16.6 Å². The zero-order valence-electron chi connectivity index (χ0n) is 18.5. The summed E-state index contributed by atoms with van der Waals surface area (Å²) in [5.41, 5.74) is 1.50. The Labute approximate surface area is 191 Å². The lowest BCUT2D eigenvalue weighted by Gasteiger charge is -2.16. The molecule has 0 amide bonds. The molecular weight excluding hydrogens is 429 g/mol. The number of rotatable bonds is 8. The summed E-state index contributed by atoms with van der Waals surface area (Å²) >= 11 is 0. The van der Waals surface area contributed by atoms with E-state index in [9.17, 15) is 13.2 Å². The molecule has 1 heterocycles. The highest BCUT2D eigenvalue weighted by Gasteiger charge is 2.35. The third-order valence-corrected chi connectivity index (χ3v) is 5.68. The molecule has 2 N–H and O–H groups in total. The van der Waals surface area contributed by atoms with E-state index in [0.29, 0.717) is 23.9 Å². The second kappa shape index (κ2) is 10.1. The van der Waals surface area contributed by atoms with Gasteiger partial charge in [-0.05, 0) is 67.1 Å². The molecule has 8 heteroatoms. The van der Waals surface area contributed by atoms with Crippen LogP contribution in [0.5, 0.6) is 5.75 Å². The molecular formula is C25H27F3N4O. The Bertz CT molecular complexity index is 1050. The van der Waals surface area contributed by atoms with Crippen molar-refractivity contribution in [3.63, 3.8) is 0 Å². The third kappa shape index (κ3) is 5.94. The summed E-state index contributed by atoms with van der Waals surface area (Å²) in [5, 5.41) is 5.78. The molecule has 4 rings (SSSR count). The summed E-state index contributed by atoms with van der Waals surface area (Å²) < 4.78 is 46.3. The number of aromatic nitrogens is 2. The lowest BCUT2D eigenvalue weighted by Crippen LogP contribution is -2.12. The summed E-state index contributed by atoms with van der Waals surface area (Å²) in [7, 11) is 0. The fourth-order valence-corrected chi connectivity index (χ4v) is 3.96. The van der Waals surface area contributed by atoms with Crippen molar-refractivity contribution in [1.29, 1.82) is 0 Å². The first-order valence-electron chi connectivity index (χ1n) is 11.2. The van der Waals surface area contributed by atoms with Gasteiger partial charge in [-0.25, -0.2) is 4.98 Å². The second-order valence-corrected chi connectivity index (χ2v) is 8.18. The number of nitrogens with zero attached hydrogens (tertiary/aromatic N) is 2. The highest BCUT2D eigenvalue weighted by atomic mass is 19.4. The lowest BCUT2D eigenvalue weighted by molar-refractivity contribution is -0.137. The second-order valence-electron chi connectivity index (χ2n) is 8.18. The van der Waals surface area contributed by atoms with E-state index in [2.05, 4.69) is 20.6 Å². The molecule has 1 aliphatic carbocycles. The molecule has 1 saturated carbocycles. The first-order chi connectivity index (χ1) is 15.9. The van der Waals surface area contributed by atoms with Gasteiger partial charge in [-0.3, -0.25) is 0 Å². The highest BCUT2D eigenvalue weighted by Crippen LogP contribution is 2.37. The van der Waals surface area contributed by atoms with E-state index in [4.69, 9.17) is 4.74 Å². The molecule has 0 aliphatic heterocycles. The first kappa shape index (κ1) is 22.9. The van der Waals surface area contributed by atoms with Crippen LogP contribution in [0.2, 0.25) is 0 Å². The standard InChI is InChI=1S/C25H27F3N4O/c1-2-15-33-21-13-11-20(12-14-21)31-24-29-16-22(25(26,27)28)23(32-24)30-19-9-7-18(8-10-19)17-5-3-4-6-17/h7-14,16-17H,2-6,15H2,1H3,(H2,29,30,31,32). The van der Waals surface area contributed by atoms with Crippen LogP contribution in [0.15, 0.2) is 54.7 Å². The molecule has 174 valence electrons. The summed E-state index contributed by atoms with van der Waals surface area (Å²) in [6.07, 6.45) is 1.90. The Morgan fingerprint density at radius 1 is 0.939 bits per heavy atom. The van der Waals surface area contributed by atoms with Crippen molar-refractivity contribution < 1.29 is 17.9 Å². The Hall–Kier alpha value is -3.29. The predicted octanol–water partition coefficient (Wildman–Crippen LogP) is 7.43. The van der Waals surface area contributed by atoms with Crippen molar-refractivity contribution in [2.24, 2.45) is 0 Å². The quantitative estimate of drug-likeness (QED) is 0.369. The molecule has 2 aromatic carbocycles. The van der Waals surface area contributed by atoms with Crippen molar-refractivity contribution >= 4 is 23.1 Å². The maximum Gasteiger partial charge on any atom is 0.421 e. The van der Waals surface area contributed by atoms with Gasteiger partial charge in [0.05, 0.1) is 6.61 Å². The monoisotopic (exact) mass is 456 g/mol. The van der Waals surface area contributed by atoms with E-state index in [1.54, 1.807) is 36.4 Å². The SMILES string of the molecule is CCCOc1ccc(Nc2ncc(C(F)(F)F)c(Nc3ccc(C4CCCC4)cc3)n2)cc1. The molecule has 0 atom stereocenters. The number of halogens is 3. The largest absolute Gasteiger partial charge is 0.494 e. The Morgan fingerprint density at radius 3 is 2.21 bits per heavy atom. The van der Waals surface area contributed by atoms with E-state index in [-0.39, 0.29) is 11.8 Å². The maximum atomic E-state index is 13.6. The van der Waals surface area contributed by atoms with Gasteiger partial charge in [-0.15, -0.1) is 0 Å². The normalized spacial score (nSPS) is 14.3. The van der Waals surface area contributed by atoms with Gasteiger partial charge in [0, 0.05) is 17.6 Å². The van der Waals surface area contributed by atoms with Crippen LogP contribution in [-0.2, 0) is 6.18 Å². The maximum absolute atomic E-state index is 13.6. The van der Waals surface area contributed by atoms with Gasteiger partial charge in [0.25, 0.3) is 0 Å². The average Bonchev–Trinajstić information content (AvgIpc) is 3.34. The average molecular weight is 457 g/mol. The molecule has 5 nitrogen and oxygen atoms in total. The molecule has 0 spiro atoms. The Kier molecular flexibility index (Phi) is 7.01. The van der Waals surface area contributed by atoms with E-state index in [0.717, 1.165) is 31.2 Å². The van der Waals surface area contributed by atoms with Crippen molar-refractivity contribution in [2.75, 3.05) is 17.2 Å². The third-order valence-electron chi connectivity index (χ3n) is 5.68. The molecule has 0 radical (unpaired) electrons. The fraction of sp³-hybridized carbons (Fsp3) is 0.360. The van der Waals surface area contributed by atoms with Crippen LogP contribution in [0.3, 0.4) is 0 Å². The number of alkyl halides is 3. The minimum Gasteiger partial charge on any atom is -0.494 e. The molecule has 0 bridgehead atoms. The zero-order chi connectivity index (χ0) is 23.3. The molecule has 1 fully saturated rings. The van der Waals surface area contributed by atoms with Gasteiger partial charge >= 0.3 is 6.18 Å². The number of ether oxygens (including phenoxy) is 1. The van der Waals surface area contributed by atoms with Gasteiger partial charge in [-0.2, -0.15) is 18.2 Å². The number of benzene rings is 2. The first-order valence-corrected chi connectivity index (χ1v) is 11.2. The number of nitrogens with one attached hydrogen (secondary N) is 2. The smallest absolute Gasteiger partial charge is 0.421 e. The van der Waals surface area contributed by atoms with Crippen molar-refractivity contribution in [2.45, 2.75) is 51.1 Å². The minimum atomic E-state index is -4.58. The van der Waals surface area contributed by atoms with Crippen molar-refractivity contribution in [1.82, 2.24) is 9.97 Å². The van der Waals surface area contributed by atoms with Crippen molar-refractivity contribution in [3.05, 3.63) is 65.9 Å². The minimum absolute atomic E-state index is 0.0651. The van der Waals surface area contributed by atoms with Gasteiger partial charge in [0.1, 0.15) is 17.1 Å². The zero-order valence-corrected chi connectivity index (χ0v) is 18.5. The molecule has 0 saturated heterocycles. The highest BCUT2D eigenvalue weighted by molar-refractivity contribution is 5.63. The number of anilines is 4. The summed E-state index contributed by atoms with van der Waals surface area (Å²) in [6.45, 7) is 2.64.